The van der Waals surface area contributed by atoms with Gasteiger partial charge in [-0.15, -0.1) is 0 Å². The first-order chi connectivity index (χ1) is 12.5. The summed E-state index contributed by atoms with van der Waals surface area (Å²) in [6, 6.07) is 14.4. The van der Waals surface area contributed by atoms with Gasteiger partial charge in [0.15, 0.2) is 6.61 Å². The van der Waals surface area contributed by atoms with Crippen molar-refractivity contribution < 1.29 is 14.3 Å². The zero-order valence-electron chi connectivity index (χ0n) is 15.6. The highest BCUT2D eigenvalue weighted by molar-refractivity contribution is 5.89. The molecule has 0 fully saturated rings. The molecule has 0 aliphatic carbocycles. The fraction of sp³-hybridized carbons (Fsp3) is 0.273. The number of carbonyl (C=O) groups excluding carboxylic acids is 1. The molecule has 0 aliphatic heterocycles. The molecule has 26 heavy (non-hydrogen) atoms. The predicted molar refractivity (Wildman–Crippen MR) is 104 cm³/mol. The number of pyridine rings is 1. The maximum atomic E-state index is 11.7. The van der Waals surface area contributed by atoms with Crippen LogP contribution in [0.25, 0.3) is 22.0 Å². The Morgan fingerprint density at radius 2 is 1.73 bits per heavy atom. The molecule has 0 N–H and O–H groups in total. The quantitative estimate of drug-likeness (QED) is 0.623. The van der Waals surface area contributed by atoms with Crippen molar-refractivity contribution >= 4 is 16.9 Å². The van der Waals surface area contributed by atoms with E-state index in [9.17, 15) is 4.79 Å². The topological polar surface area (TPSA) is 48.4 Å². The van der Waals surface area contributed by atoms with Crippen LogP contribution in [0.15, 0.2) is 42.5 Å². The second-order valence-corrected chi connectivity index (χ2v) is 6.45. The highest BCUT2D eigenvalue weighted by Gasteiger charge is 2.14. The summed E-state index contributed by atoms with van der Waals surface area (Å²) in [6.45, 7) is 8.12. The molecular formula is C22H23NO3. The monoisotopic (exact) mass is 349 g/mol. The summed E-state index contributed by atoms with van der Waals surface area (Å²) in [6.07, 6.45) is 0. The minimum Gasteiger partial charge on any atom is -0.465 e. The van der Waals surface area contributed by atoms with E-state index in [-0.39, 0.29) is 6.61 Å². The second kappa shape index (κ2) is 7.56. The number of fused-ring (bicyclic) bond motifs is 1. The fourth-order valence-electron chi connectivity index (χ4n) is 2.99. The average Bonchev–Trinajstić information content (AvgIpc) is 2.60. The number of aromatic nitrogens is 1. The van der Waals surface area contributed by atoms with Gasteiger partial charge in [0.2, 0.25) is 5.88 Å². The number of esters is 1. The second-order valence-electron chi connectivity index (χ2n) is 6.45. The number of benzene rings is 2. The Morgan fingerprint density at radius 3 is 2.42 bits per heavy atom. The lowest BCUT2D eigenvalue weighted by atomic mass is 10.00. The molecule has 0 radical (unpaired) electrons. The molecule has 0 saturated carbocycles. The molecule has 1 heterocycles. The first-order valence-electron chi connectivity index (χ1n) is 8.75. The minimum atomic E-state index is -0.398. The van der Waals surface area contributed by atoms with Gasteiger partial charge in [-0.25, -0.2) is 9.78 Å². The molecule has 0 spiro atoms. The first-order valence-corrected chi connectivity index (χ1v) is 8.75. The fourth-order valence-corrected chi connectivity index (χ4v) is 2.99. The van der Waals surface area contributed by atoms with E-state index in [1.807, 2.05) is 32.0 Å². The molecular weight excluding hydrogens is 326 g/mol. The van der Waals surface area contributed by atoms with E-state index >= 15 is 0 Å². The average molecular weight is 349 g/mol. The van der Waals surface area contributed by atoms with Crippen LogP contribution in [0.4, 0.5) is 0 Å². The third-order valence-electron chi connectivity index (χ3n) is 4.25. The van der Waals surface area contributed by atoms with E-state index in [1.54, 1.807) is 6.92 Å². The maximum absolute atomic E-state index is 11.7. The van der Waals surface area contributed by atoms with Gasteiger partial charge < -0.3 is 9.47 Å². The normalized spacial score (nSPS) is 10.8. The van der Waals surface area contributed by atoms with Crippen molar-refractivity contribution in [1.82, 2.24) is 4.98 Å². The third kappa shape index (κ3) is 3.85. The van der Waals surface area contributed by atoms with Gasteiger partial charge in [0, 0.05) is 10.9 Å². The Hall–Kier alpha value is -2.88. The van der Waals surface area contributed by atoms with Crippen LogP contribution >= 0.6 is 0 Å². The van der Waals surface area contributed by atoms with Crippen LogP contribution in [0.3, 0.4) is 0 Å². The van der Waals surface area contributed by atoms with Gasteiger partial charge in [-0.05, 0) is 56.5 Å². The molecule has 0 saturated heterocycles. The van der Waals surface area contributed by atoms with Gasteiger partial charge in [0.1, 0.15) is 0 Å². The Balaban J connectivity index is 2.10. The molecule has 134 valence electrons. The molecule has 0 bridgehead atoms. The molecule has 4 heteroatoms. The minimum absolute atomic E-state index is 0.157. The van der Waals surface area contributed by atoms with Crippen molar-refractivity contribution in [2.75, 3.05) is 13.2 Å². The molecule has 1 aromatic heterocycles. The summed E-state index contributed by atoms with van der Waals surface area (Å²) < 4.78 is 10.7. The smallest absolute Gasteiger partial charge is 0.344 e. The first kappa shape index (κ1) is 17.9. The summed E-state index contributed by atoms with van der Waals surface area (Å²) in [5, 5.41) is 1.08. The SMILES string of the molecule is CCOC(=O)COc1nc2cc(C)cc(C)c2cc1-c1ccc(C)cc1. The van der Waals surface area contributed by atoms with Crippen LogP contribution in [-0.4, -0.2) is 24.2 Å². The molecule has 0 unspecified atom stereocenters. The number of aryl methyl sites for hydroxylation is 3. The number of hydrogen-bond acceptors (Lipinski definition) is 4. The van der Waals surface area contributed by atoms with E-state index in [2.05, 4.69) is 31.2 Å². The van der Waals surface area contributed by atoms with Crippen LogP contribution in [0.2, 0.25) is 0 Å². The number of rotatable bonds is 5. The molecule has 3 aromatic rings. The zero-order chi connectivity index (χ0) is 18.7. The number of nitrogens with zero attached hydrogens (tertiary/aromatic N) is 1. The van der Waals surface area contributed by atoms with Gasteiger partial charge in [0.25, 0.3) is 0 Å². The van der Waals surface area contributed by atoms with Gasteiger partial charge in [-0.1, -0.05) is 35.9 Å². The van der Waals surface area contributed by atoms with Crippen LogP contribution in [0.5, 0.6) is 5.88 Å². The maximum Gasteiger partial charge on any atom is 0.344 e. The van der Waals surface area contributed by atoms with E-state index in [0.29, 0.717) is 12.5 Å². The molecule has 0 atom stereocenters. The van der Waals surface area contributed by atoms with Crippen molar-refractivity contribution in [3.05, 3.63) is 59.2 Å². The van der Waals surface area contributed by atoms with Crippen LogP contribution in [-0.2, 0) is 9.53 Å². The Kier molecular flexibility index (Phi) is 5.21. The lowest BCUT2D eigenvalue weighted by Crippen LogP contribution is -2.15. The van der Waals surface area contributed by atoms with Crippen molar-refractivity contribution in [2.24, 2.45) is 0 Å². The van der Waals surface area contributed by atoms with Crippen molar-refractivity contribution in [3.8, 4) is 17.0 Å². The van der Waals surface area contributed by atoms with Crippen molar-refractivity contribution in [2.45, 2.75) is 27.7 Å². The Morgan fingerprint density at radius 1 is 1.00 bits per heavy atom. The van der Waals surface area contributed by atoms with Gasteiger partial charge in [0.05, 0.1) is 12.1 Å². The lowest BCUT2D eigenvalue weighted by Gasteiger charge is -2.14. The summed E-state index contributed by atoms with van der Waals surface area (Å²) >= 11 is 0. The zero-order valence-corrected chi connectivity index (χ0v) is 15.6. The van der Waals surface area contributed by atoms with Crippen LogP contribution < -0.4 is 4.74 Å². The number of carbonyl (C=O) groups is 1. The standard InChI is InChI=1S/C22H23NO3/c1-5-25-21(24)13-26-22-19(17-8-6-14(2)7-9-17)12-18-16(4)10-15(3)11-20(18)23-22/h6-12H,5,13H2,1-4H3. The Labute approximate surface area is 153 Å². The van der Waals surface area contributed by atoms with Gasteiger partial charge >= 0.3 is 5.97 Å². The van der Waals surface area contributed by atoms with Gasteiger partial charge in [-0.2, -0.15) is 0 Å². The van der Waals surface area contributed by atoms with Crippen molar-refractivity contribution in [1.29, 1.82) is 0 Å². The molecule has 0 amide bonds. The lowest BCUT2D eigenvalue weighted by molar-refractivity contribution is -0.145. The van der Waals surface area contributed by atoms with E-state index < -0.39 is 5.97 Å². The molecule has 4 nitrogen and oxygen atoms in total. The highest BCUT2D eigenvalue weighted by atomic mass is 16.6. The summed E-state index contributed by atoms with van der Waals surface area (Å²) in [7, 11) is 0. The molecule has 0 aliphatic rings. The third-order valence-corrected chi connectivity index (χ3v) is 4.25. The van der Waals surface area contributed by atoms with Gasteiger partial charge in [-0.3, -0.25) is 0 Å². The molecule has 2 aromatic carbocycles. The largest absolute Gasteiger partial charge is 0.465 e. The van der Waals surface area contributed by atoms with E-state index in [0.717, 1.165) is 33.2 Å². The van der Waals surface area contributed by atoms with E-state index in [1.165, 1.54) is 5.56 Å². The van der Waals surface area contributed by atoms with Crippen LogP contribution in [0.1, 0.15) is 23.6 Å². The highest BCUT2D eigenvalue weighted by Crippen LogP contribution is 2.33. The summed E-state index contributed by atoms with van der Waals surface area (Å²) in [5.41, 5.74) is 6.22. The van der Waals surface area contributed by atoms with Crippen molar-refractivity contribution in [3.63, 3.8) is 0 Å². The van der Waals surface area contributed by atoms with E-state index in [4.69, 9.17) is 14.5 Å². The van der Waals surface area contributed by atoms with Crippen LogP contribution in [0, 0.1) is 20.8 Å². The predicted octanol–water partition coefficient (Wildman–Crippen LogP) is 4.77. The number of hydrogen-bond donors (Lipinski definition) is 0. The molecule has 3 rings (SSSR count). The summed E-state index contributed by atoms with van der Waals surface area (Å²) in [5.74, 6) is 0.0454. The number of ether oxygens (including phenoxy) is 2. The Bertz CT molecular complexity index is 946. The summed E-state index contributed by atoms with van der Waals surface area (Å²) in [4.78, 5) is 16.4.